The largest absolute Gasteiger partial charge is 0.507 e. The summed E-state index contributed by atoms with van der Waals surface area (Å²) < 4.78 is 0. The lowest BCUT2D eigenvalue weighted by Gasteiger charge is -2.27. The van der Waals surface area contributed by atoms with Crippen molar-refractivity contribution in [1.82, 2.24) is 0 Å². The molecule has 1 aliphatic heterocycles. The Kier molecular flexibility index (Phi) is 5.32. The zero-order valence-corrected chi connectivity index (χ0v) is 17.5. The summed E-state index contributed by atoms with van der Waals surface area (Å²) in [6, 6.07) is 19.0. The number of non-ortho nitro benzene ring substituents is 1. The van der Waals surface area contributed by atoms with Gasteiger partial charge in [0.2, 0.25) is 0 Å². The first-order chi connectivity index (χ1) is 15.3. The minimum Gasteiger partial charge on any atom is -0.507 e. The van der Waals surface area contributed by atoms with Gasteiger partial charge in [0.05, 0.1) is 16.5 Å². The summed E-state index contributed by atoms with van der Waals surface area (Å²) >= 11 is 0. The van der Waals surface area contributed by atoms with E-state index >= 15 is 0 Å². The number of aliphatic hydroxyl groups excluding tert-OH is 1. The molecule has 1 N–H and O–H groups in total. The molecule has 3 aromatic rings. The monoisotopic (exact) mass is 428 g/mol. The van der Waals surface area contributed by atoms with Crippen molar-refractivity contribution >= 4 is 28.8 Å². The molecule has 1 unspecified atom stereocenters. The predicted molar refractivity (Wildman–Crippen MR) is 120 cm³/mol. The number of aliphatic hydroxyl groups is 1. The van der Waals surface area contributed by atoms with Crippen LogP contribution in [0.25, 0.3) is 5.76 Å². The van der Waals surface area contributed by atoms with Gasteiger partial charge in [0.15, 0.2) is 0 Å². The van der Waals surface area contributed by atoms with Gasteiger partial charge in [-0.1, -0.05) is 48.5 Å². The van der Waals surface area contributed by atoms with Gasteiger partial charge in [-0.25, -0.2) is 0 Å². The minimum atomic E-state index is -0.878. The molecule has 0 aliphatic carbocycles. The van der Waals surface area contributed by atoms with Gasteiger partial charge in [0.1, 0.15) is 5.76 Å². The summed E-state index contributed by atoms with van der Waals surface area (Å²) in [5.74, 6) is -2.06. The van der Waals surface area contributed by atoms with Crippen LogP contribution in [0.15, 0.2) is 78.4 Å². The number of carbonyl (C=O) groups excluding carboxylic acids is 2. The summed E-state index contributed by atoms with van der Waals surface area (Å²) in [7, 11) is 0. The Morgan fingerprint density at radius 1 is 0.969 bits per heavy atom. The molecule has 160 valence electrons. The Morgan fingerprint density at radius 3 is 2.38 bits per heavy atom. The fourth-order valence-corrected chi connectivity index (χ4v) is 3.99. The molecule has 32 heavy (non-hydrogen) atoms. The van der Waals surface area contributed by atoms with Crippen LogP contribution in [0.4, 0.5) is 11.4 Å². The average molecular weight is 428 g/mol. The highest BCUT2D eigenvalue weighted by Crippen LogP contribution is 2.43. The van der Waals surface area contributed by atoms with E-state index in [2.05, 4.69) is 0 Å². The van der Waals surface area contributed by atoms with Crippen molar-refractivity contribution in [2.24, 2.45) is 0 Å². The molecule has 0 saturated carbocycles. The highest BCUT2D eigenvalue weighted by atomic mass is 16.6. The molecule has 0 bridgehead atoms. The van der Waals surface area contributed by atoms with E-state index in [1.807, 2.05) is 32.0 Å². The number of hydrogen-bond donors (Lipinski definition) is 1. The molecular formula is C25H20N2O5. The van der Waals surface area contributed by atoms with E-state index < -0.39 is 28.4 Å². The molecule has 0 aromatic heterocycles. The van der Waals surface area contributed by atoms with Crippen molar-refractivity contribution in [1.29, 1.82) is 0 Å². The summed E-state index contributed by atoms with van der Waals surface area (Å²) in [4.78, 5) is 38.3. The van der Waals surface area contributed by atoms with Gasteiger partial charge >= 0.3 is 0 Å². The Bertz CT molecular complexity index is 1290. The Labute approximate surface area is 184 Å². The van der Waals surface area contributed by atoms with Crippen molar-refractivity contribution in [3.05, 3.63) is 111 Å². The van der Waals surface area contributed by atoms with E-state index in [0.29, 0.717) is 11.3 Å². The molecule has 1 heterocycles. The number of aryl methyl sites for hydroxylation is 2. The van der Waals surface area contributed by atoms with E-state index in [1.165, 1.54) is 29.2 Å². The maximum absolute atomic E-state index is 13.2. The number of rotatable bonds is 4. The zero-order valence-electron chi connectivity index (χ0n) is 17.5. The number of hydrogen-bond acceptors (Lipinski definition) is 5. The van der Waals surface area contributed by atoms with E-state index in [1.54, 1.807) is 30.3 Å². The summed E-state index contributed by atoms with van der Waals surface area (Å²) in [5.41, 5.74) is 2.72. The standard InChI is InChI=1S/C25H20N2O5/c1-15-7-5-10-18(13-15)26-22(20-12-4-3-8-16(20)2)21(24(29)25(26)30)23(28)17-9-6-11-19(14-17)27(31)32/h3-14,22,28H,1-2H3/b23-21+. The van der Waals surface area contributed by atoms with Crippen LogP contribution in [0.5, 0.6) is 0 Å². The first kappa shape index (κ1) is 21.0. The van der Waals surface area contributed by atoms with Crippen LogP contribution in [0.3, 0.4) is 0 Å². The average Bonchev–Trinajstić information content (AvgIpc) is 3.04. The molecule has 3 aromatic carbocycles. The maximum Gasteiger partial charge on any atom is 0.300 e. The van der Waals surface area contributed by atoms with E-state index in [4.69, 9.17) is 0 Å². The van der Waals surface area contributed by atoms with Gasteiger partial charge in [0.25, 0.3) is 17.4 Å². The van der Waals surface area contributed by atoms with Crippen LogP contribution in [0.2, 0.25) is 0 Å². The molecule has 1 amide bonds. The lowest BCUT2D eigenvalue weighted by atomic mass is 9.92. The normalized spacial score (nSPS) is 17.6. The second-order valence-electron chi connectivity index (χ2n) is 7.67. The molecule has 0 spiro atoms. The lowest BCUT2D eigenvalue weighted by Crippen LogP contribution is -2.29. The highest BCUT2D eigenvalue weighted by Gasteiger charge is 2.47. The fraction of sp³-hybridized carbons (Fsp3) is 0.120. The number of nitro groups is 1. The summed E-state index contributed by atoms with van der Waals surface area (Å²) in [5, 5.41) is 22.3. The number of carbonyl (C=O) groups is 2. The molecule has 4 rings (SSSR count). The van der Waals surface area contributed by atoms with E-state index in [-0.39, 0.29) is 16.8 Å². The third-order valence-electron chi connectivity index (χ3n) is 5.54. The van der Waals surface area contributed by atoms with Gasteiger partial charge in [0, 0.05) is 23.4 Å². The second kappa shape index (κ2) is 8.11. The first-order valence-electron chi connectivity index (χ1n) is 9.97. The van der Waals surface area contributed by atoms with Gasteiger partial charge in [-0.05, 0) is 42.7 Å². The van der Waals surface area contributed by atoms with Crippen molar-refractivity contribution in [2.75, 3.05) is 4.90 Å². The number of amides is 1. The molecule has 7 heteroatoms. The van der Waals surface area contributed by atoms with Crippen LogP contribution in [0, 0.1) is 24.0 Å². The van der Waals surface area contributed by atoms with Crippen molar-refractivity contribution < 1.29 is 19.6 Å². The third-order valence-corrected chi connectivity index (χ3v) is 5.54. The number of anilines is 1. The van der Waals surface area contributed by atoms with Crippen LogP contribution in [-0.2, 0) is 9.59 Å². The molecular weight excluding hydrogens is 408 g/mol. The van der Waals surface area contributed by atoms with Crippen molar-refractivity contribution in [3.63, 3.8) is 0 Å². The molecule has 1 atom stereocenters. The fourth-order valence-electron chi connectivity index (χ4n) is 3.99. The molecule has 1 fully saturated rings. The number of ketones is 1. The predicted octanol–water partition coefficient (Wildman–Crippen LogP) is 4.84. The second-order valence-corrected chi connectivity index (χ2v) is 7.67. The quantitative estimate of drug-likeness (QED) is 0.211. The molecule has 1 saturated heterocycles. The topological polar surface area (TPSA) is 101 Å². The number of Topliss-reactive ketones (excluding diaryl/α,β-unsaturated/α-hetero) is 1. The van der Waals surface area contributed by atoms with Gasteiger partial charge in [-0.2, -0.15) is 0 Å². The smallest absolute Gasteiger partial charge is 0.300 e. The minimum absolute atomic E-state index is 0.0972. The van der Waals surface area contributed by atoms with Gasteiger partial charge < -0.3 is 5.11 Å². The summed E-state index contributed by atoms with van der Waals surface area (Å²) in [6.45, 7) is 3.74. The number of benzene rings is 3. The van der Waals surface area contributed by atoms with Crippen LogP contribution >= 0.6 is 0 Å². The lowest BCUT2D eigenvalue weighted by molar-refractivity contribution is -0.384. The Morgan fingerprint density at radius 2 is 1.69 bits per heavy atom. The number of nitrogens with zero attached hydrogens (tertiary/aromatic N) is 2. The highest BCUT2D eigenvalue weighted by molar-refractivity contribution is 6.51. The Hall–Kier alpha value is -4.26. The molecule has 7 nitrogen and oxygen atoms in total. The summed E-state index contributed by atoms with van der Waals surface area (Å²) in [6.07, 6.45) is 0. The van der Waals surface area contributed by atoms with Gasteiger partial charge in [-0.15, -0.1) is 0 Å². The van der Waals surface area contributed by atoms with E-state index in [0.717, 1.165) is 11.1 Å². The van der Waals surface area contributed by atoms with Crippen LogP contribution in [-0.4, -0.2) is 21.7 Å². The third kappa shape index (κ3) is 3.54. The zero-order chi connectivity index (χ0) is 23.0. The first-order valence-corrected chi connectivity index (χ1v) is 9.97. The molecule has 1 aliphatic rings. The van der Waals surface area contributed by atoms with Crippen molar-refractivity contribution in [2.45, 2.75) is 19.9 Å². The van der Waals surface area contributed by atoms with E-state index in [9.17, 15) is 24.8 Å². The van der Waals surface area contributed by atoms with Crippen LogP contribution in [0.1, 0.15) is 28.3 Å². The van der Waals surface area contributed by atoms with Crippen molar-refractivity contribution in [3.8, 4) is 0 Å². The Balaban J connectivity index is 1.98. The number of nitro benzene ring substituents is 1. The SMILES string of the molecule is Cc1cccc(N2C(=O)C(=O)/C(=C(/O)c3cccc([N+](=O)[O-])c3)C2c2ccccc2C)c1. The van der Waals surface area contributed by atoms with Gasteiger partial charge in [-0.3, -0.25) is 24.6 Å². The maximum atomic E-state index is 13.2. The molecule has 0 radical (unpaired) electrons. The van der Waals surface area contributed by atoms with Crippen LogP contribution < -0.4 is 4.90 Å².